The van der Waals surface area contributed by atoms with Gasteiger partial charge >= 0.3 is 11.9 Å². The largest absolute Gasteiger partial charge is 0.479 e. The van der Waals surface area contributed by atoms with Crippen LogP contribution in [-0.4, -0.2) is 41.0 Å². The van der Waals surface area contributed by atoms with Crippen molar-refractivity contribution in [3.8, 4) is 0 Å². The zero-order valence-electron chi connectivity index (χ0n) is 10.5. The van der Waals surface area contributed by atoms with Crippen molar-refractivity contribution < 1.29 is 29.3 Å². The number of hydrogen-bond acceptors (Lipinski definition) is 5. The summed E-state index contributed by atoms with van der Waals surface area (Å²) in [5.41, 5.74) is 0.905. The van der Waals surface area contributed by atoms with Crippen LogP contribution in [0.2, 0.25) is 0 Å². The zero-order valence-corrected chi connectivity index (χ0v) is 10.5. The van der Waals surface area contributed by atoms with Gasteiger partial charge in [-0.05, 0) is 12.5 Å². The average molecular weight is 268 g/mol. The molecule has 0 fully saturated rings. The number of carboxylic acid groups (broad SMARTS) is 1. The Balaban J connectivity index is 2.29. The minimum Gasteiger partial charge on any atom is -0.479 e. The van der Waals surface area contributed by atoms with Gasteiger partial charge in [0.25, 0.3) is 0 Å². The number of aliphatic carboxylic acids is 1. The molecule has 104 valence electrons. The lowest BCUT2D eigenvalue weighted by Crippen LogP contribution is -2.33. The fourth-order valence-corrected chi connectivity index (χ4v) is 1.23. The molecule has 0 radical (unpaired) electrons. The average Bonchev–Trinajstić information content (AvgIpc) is 2.39. The first-order chi connectivity index (χ1) is 9.00. The lowest BCUT2D eigenvalue weighted by Gasteiger charge is -2.13. The monoisotopic (exact) mass is 268 g/mol. The van der Waals surface area contributed by atoms with E-state index in [0.29, 0.717) is 0 Å². The summed E-state index contributed by atoms with van der Waals surface area (Å²) in [5, 5.41) is 18.0. The van der Waals surface area contributed by atoms with Crippen LogP contribution >= 0.6 is 0 Å². The SMILES string of the molecule is C[C@H](OC(=O)C(O)COCc1ccccc1)C(=O)O. The molecule has 6 heteroatoms. The van der Waals surface area contributed by atoms with Crippen molar-refractivity contribution in [2.75, 3.05) is 6.61 Å². The smallest absolute Gasteiger partial charge is 0.344 e. The molecule has 0 heterocycles. The third-order valence-corrected chi connectivity index (χ3v) is 2.30. The quantitative estimate of drug-likeness (QED) is 0.703. The van der Waals surface area contributed by atoms with Crippen LogP contribution in [-0.2, 0) is 25.7 Å². The predicted octanol–water partition coefficient (Wildman–Crippen LogP) is 0.580. The van der Waals surface area contributed by atoms with E-state index in [-0.39, 0.29) is 13.2 Å². The number of aliphatic hydroxyl groups excluding tert-OH is 1. The molecule has 1 aromatic rings. The molecule has 0 spiro atoms. The number of esters is 1. The van der Waals surface area contributed by atoms with Crippen LogP contribution in [0.1, 0.15) is 12.5 Å². The second-order valence-corrected chi connectivity index (χ2v) is 3.93. The minimum absolute atomic E-state index is 0.250. The summed E-state index contributed by atoms with van der Waals surface area (Å²) < 4.78 is 9.65. The van der Waals surface area contributed by atoms with E-state index in [9.17, 15) is 14.7 Å². The third kappa shape index (κ3) is 5.50. The highest BCUT2D eigenvalue weighted by atomic mass is 16.6. The van der Waals surface area contributed by atoms with Gasteiger partial charge in [-0.1, -0.05) is 30.3 Å². The van der Waals surface area contributed by atoms with Gasteiger partial charge in [0, 0.05) is 0 Å². The number of carboxylic acids is 1. The number of rotatable bonds is 7. The summed E-state index contributed by atoms with van der Waals surface area (Å²) in [4.78, 5) is 21.8. The molecule has 0 saturated heterocycles. The highest BCUT2D eigenvalue weighted by Gasteiger charge is 2.22. The lowest BCUT2D eigenvalue weighted by molar-refractivity contribution is -0.171. The van der Waals surface area contributed by atoms with Crippen molar-refractivity contribution in [1.29, 1.82) is 0 Å². The van der Waals surface area contributed by atoms with E-state index >= 15 is 0 Å². The first-order valence-electron chi connectivity index (χ1n) is 5.73. The Morgan fingerprint density at radius 3 is 2.47 bits per heavy atom. The predicted molar refractivity (Wildman–Crippen MR) is 65.3 cm³/mol. The molecule has 1 rings (SSSR count). The van der Waals surface area contributed by atoms with Crippen LogP contribution < -0.4 is 0 Å². The molecule has 6 nitrogen and oxygen atoms in total. The topological polar surface area (TPSA) is 93.1 Å². The Labute approximate surface area is 110 Å². The van der Waals surface area contributed by atoms with Crippen LogP contribution in [0.3, 0.4) is 0 Å². The Morgan fingerprint density at radius 1 is 1.26 bits per heavy atom. The van der Waals surface area contributed by atoms with E-state index in [4.69, 9.17) is 9.84 Å². The van der Waals surface area contributed by atoms with Crippen molar-refractivity contribution in [2.24, 2.45) is 0 Å². The Kier molecular flexibility index (Phi) is 5.98. The lowest BCUT2D eigenvalue weighted by atomic mass is 10.2. The van der Waals surface area contributed by atoms with Crippen LogP contribution in [0.15, 0.2) is 30.3 Å². The van der Waals surface area contributed by atoms with Gasteiger partial charge in [-0.15, -0.1) is 0 Å². The number of aliphatic hydroxyl groups is 1. The molecule has 0 saturated carbocycles. The molecule has 0 aliphatic carbocycles. The van der Waals surface area contributed by atoms with Crippen molar-refractivity contribution >= 4 is 11.9 Å². The Morgan fingerprint density at radius 2 is 1.89 bits per heavy atom. The number of hydrogen-bond donors (Lipinski definition) is 2. The molecule has 2 atom stereocenters. The number of carbonyl (C=O) groups excluding carboxylic acids is 1. The maximum absolute atomic E-state index is 11.3. The Hall–Kier alpha value is -1.92. The second-order valence-electron chi connectivity index (χ2n) is 3.93. The van der Waals surface area contributed by atoms with Crippen molar-refractivity contribution in [3.05, 3.63) is 35.9 Å². The highest BCUT2D eigenvalue weighted by molar-refractivity contribution is 5.79. The normalized spacial score (nSPS) is 13.6. The van der Waals surface area contributed by atoms with Gasteiger partial charge in [0.1, 0.15) is 0 Å². The first kappa shape index (κ1) is 15.1. The molecule has 1 aromatic carbocycles. The summed E-state index contributed by atoms with van der Waals surface area (Å²) in [6, 6.07) is 9.24. The van der Waals surface area contributed by atoms with E-state index in [1.165, 1.54) is 6.92 Å². The maximum Gasteiger partial charge on any atom is 0.344 e. The second kappa shape index (κ2) is 7.50. The van der Waals surface area contributed by atoms with E-state index in [1.807, 2.05) is 30.3 Å². The molecule has 1 unspecified atom stereocenters. The minimum atomic E-state index is -1.49. The van der Waals surface area contributed by atoms with Crippen LogP contribution in [0, 0.1) is 0 Å². The fraction of sp³-hybridized carbons (Fsp3) is 0.385. The van der Waals surface area contributed by atoms with Crippen LogP contribution in [0.4, 0.5) is 0 Å². The Bertz CT molecular complexity index is 416. The zero-order chi connectivity index (χ0) is 14.3. The summed E-state index contributed by atoms with van der Waals surface area (Å²) >= 11 is 0. The van der Waals surface area contributed by atoms with Gasteiger partial charge in [0.05, 0.1) is 13.2 Å². The molecule has 0 aromatic heterocycles. The standard InChI is InChI=1S/C13H16O6/c1-9(12(15)16)19-13(17)11(14)8-18-7-10-5-3-2-4-6-10/h2-6,9,11,14H,7-8H2,1H3,(H,15,16)/t9-,11?/m0/s1. The fourth-order valence-electron chi connectivity index (χ4n) is 1.23. The van der Waals surface area contributed by atoms with Crippen molar-refractivity contribution in [3.63, 3.8) is 0 Å². The van der Waals surface area contributed by atoms with Gasteiger partial charge in [-0.2, -0.15) is 0 Å². The maximum atomic E-state index is 11.3. The molecule has 0 bridgehead atoms. The van der Waals surface area contributed by atoms with Crippen molar-refractivity contribution in [1.82, 2.24) is 0 Å². The molecular weight excluding hydrogens is 252 g/mol. The summed E-state index contributed by atoms with van der Waals surface area (Å²) in [6.07, 6.45) is -2.79. The van der Waals surface area contributed by atoms with Gasteiger partial charge in [-0.25, -0.2) is 9.59 Å². The van der Waals surface area contributed by atoms with E-state index < -0.39 is 24.1 Å². The molecule has 0 aliphatic heterocycles. The van der Waals surface area contributed by atoms with Gasteiger partial charge in [0.15, 0.2) is 12.2 Å². The highest BCUT2D eigenvalue weighted by Crippen LogP contribution is 2.02. The molecule has 19 heavy (non-hydrogen) atoms. The molecule has 0 amide bonds. The third-order valence-electron chi connectivity index (χ3n) is 2.30. The molecule has 2 N–H and O–H groups in total. The summed E-state index contributed by atoms with van der Waals surface area (Å²) in [6.45, 7) is 1.21. The van der Waals surface area contributed by atoms with E-state index in [2.05, 4.69) is 4.74 Å². The van der Waals surface area contributed by atoms with E-state index in [1.54, 1.807) is 0 Å². The number of ether oxygens (including phenoxy) is 2. The van der Waals surface area contributed by atoms with Gasteiger partial charge < -0.3 is 19.7 Å². The molecule has 0 aliphatic rings. The van der Waals surface area contributed by atoms with Gasteiger partial charge in [-0.3, -0.25) is 0 Å². The summed E-state index contributed by atoms with van der Waals surface area (Å²) in [5.74, 6) is -2.28. The molecular formula is C13H16O6. The van der Waals surface area contributed by atoms with Crippen LogP contribution in [0.25, 0.3) is 0 Å². The van der Waals surface area contributed by atoms with E-state index in [0.717, 1.165) is 5.56 Å². The number of carbonyl (C=O) groups is 2. The van der Waals surface area contributed by atoms with Gasteiger partial charge in [0.2, 0.25) is 0 Å². The summed E-state index contributed by atoms with van der Waals surface area (Å²) in [7, 11) is 0. The van der Waals surface area contributed by atoms with Crippen LogP contribution in [0.5, 0.6) is 0 Å². The first-order valence-corrected chi connectivity index (χ1v) is 5.73. The van der Waals surface area contributed by atoms with Crippen molar-refractivity contribution in [2.45, 2.75) is 25.7 Å². The number of benzene rings is 1.